The highest BCUT2D eigenvalue weighted by Gasteiger charge is 2.67. The van der Waals surface area contributed by atoms with Crippen molar-refractivity contribution in [3.05, 3.63) is 70.7 Å². The molecule has 1 N–H and O–H groups in total. The molecular weight excluding hydrogens is 444 g/mol. The van der Waals surface area contributed by atoms with Gasteiger partial charge in [-0.3, -0.25) is 14.4 Å². The topological polar surface area (TPSA) is 66.5 Å². The number of nitrogens with zero attached hydrogens (tertiary/aromatic N) is 1. The maximum absolute atomic E-state index is 13.3. The van der Waals surface area contributed by atoms with Gasteiger partial charge in [0.1, 0.15) is 0 Å². The zero-order valence-corrected chi connectivity index (χ0v) is 17.6. The van der Waals surface area contributed by atoms with Crippen LogP contribution in [0.25, 0.3) is 0 Å². The number of rotatable bonds is 3. The van der Waals surface area contributed by atoms with Crippen molar-refractivity contribution in [2.24, 2.45) is 35.5 Å². The molecule has 5 aliphatic rings. The van der Waals surface area contributed by atoms with E-state index in [1.54, 1.807) is 36.4 Å². The fourth-order valence-electron chi connectivity index (χ4n) is 5.73. The summed E-state index contributed by atoms with van der Waals surface area (Å²) in [5, 5.41) is 2.85. The molecule has 5 nitrogen and oxygen atoms in total. The van der Waals surface area contributed by atoms with Gasteiger partial charge in [0, 0.05) is 15.7 Å². The summed E-state index contributed by atoms with van der Waals surface area (Å²) < 4.78 is 0.927. The Kier molecular flexibility index (Phi) is 3.84. The van der Waals surface area contributed by atoms with E-state index in [-0.39, 0.29) is 41.4 Å². The Labute approximate surface area is 182 Å². The van der Waals surface area contributed by atoms with Gasteiger partial charge in [-0.15, -0.1) is 0 Å². The summed E-state index contributed by atoms with van der Waals surface area (Å²) in [6.45, 7) is 0. The Morgan fingerprint density at radius 3 is 2.20 bits per heavy atom. The average molecular weight is 463 g/mol. The number of benzene rings is 2. The third-order valence-corrected chi connectivity index (χ3v) is 7.66. The molecule has 2 saturated carbocycles. The SMILES string of the molecule is O=C(Nc1ccc(Br)cc1)c1cccc(N2C(=O)[C@@H]3[C@@H]4C=C[C@H]([C@H]5C[C@H]45)[C@@H]3C2=O)c1. The van der Waals surface area contributed by atoms with Crippen LogP contribution in [0.1, 0.15) is 16.8 Å². The van der Waals surface area contributed by atoms with Gasteiger partial charge in [-0.05, 0) is 72.6 Å². The molecule has 0 radical (unpaired) electrons. The minimum absolute atomic E-state index is 0.111. The van der Waals surface area contributed by atoms with Crippen molar-refractivity contribution in [2.75, 3.05) is 10.2 Å². The highest BCUT2D eigenvalue weighted by Crippen LogP contribution is 2.65. The minimum Gasteiger partial charge on any atom is -0.322 e. The number of anilines is 2. The number of hydrogen-bond acceptors (Lipinski definition) is 3. The van der Waals surface area contributed by atoms with Crippen molar-refractivity contribution in [3.8, 4) is 0 Å². The van der Waals surface area contributed by atoms with Crippen LogP contribution in [0, 0.1) is 35.5 Å². The lowest BCUT2D eigenvalue weighted by molar-refractivity contribution is -0.124. The fourth-order valence-corrected chi connectivity index (χ4v) is 6.00. The van der Waals surface area contributed by atoms with Gasteiger partial charge in [-0.25, -0.2) is 4.90 Å². The lowest BCUT2D eigenvalue weighted by Crippen LogP contribution is -2.40. The van der Waals surface area contributed by atoms with Crippen molar-refractivity contribution in [2.45, 2.75) is 6.42 Å². The van der Waals surface area contributed by atoms with Crippen molar-refractivity contribution in [3.63, 3.8) is 0 Å². The molecule has 3 amide bonds. The van der Waals surface area contributed by atoms with Gasteiger partial charge in [0.25, 0.3) is 5.91 Å². The molecule has 2 bridgehead atoms. The Morgan fingerprint density at radius 1 is 0.933 bits per heavy atom. The van der Waals surface area contributed by atoms with E-state index < -0.39 is 0 Å². The molecule has 0 aromatic heterocycles. The molecule has 1 heterocycles. The van der Waals surface area contributed by atoms with Gasteiger partial charge < -0.3 is 5.32 Å². The predicted molar refractivity (Wildman–Crippen MR) is 116 cm³/mol. The fraction of sp³-hybridized carbons (Fsp3) is 0.292. The maximum atomic E-state index is 13.3. The largest absolute Gasteiger partial charge is 0.322 e. The van der Waals surface area contributed by atoms with Crippen LogP contribution in [-0.2, 0) is 9.59 Å². The average Bonchev–Trinajstić information content (AvgIpc) is 3.53. The van der Waals surface area contributed by atoms with Gasteiger partial charge in [-0.1, -0.05) is 34.1 Å². The van der Waals surface area contributed by atoms with Gasteiger partial charge in [-0.2, -0.15) is 0 Å². The van der Waals surface area contributed by atoms with Crippen LogP contribution in [0.4, 0.5) is 11.4 Å². The summed E-state index contributed by atoms with van der Waals surface area (Å²) in [7, 11) is 0. The first-order chi connectivity index (χ1) is 14.5. The van der Waals surface area contributed by atoms with Gasteiger partial charge in [0.15, 0.2) is 0 Å². The van der Waals surface area contributed by atoms with E-state index in [9.17, 15) is 14.4 Å². The molecule has 30 heavy (non-hydrogen) atoms. The van der Waals surface area contributed by atoms with E-state index in [0.29, 0.717) is 28.8 Å². The quantitative estimate of drug-likeness (QED) is 0.547. The second kappa shape index (κ2) is 6.38. The summed E-state index contributed by atoms with van der Waals surface area (Å²) in [6, 6.07) is 14.1. The Morgan fingerprint density at radius 2 is 1.57 bits per heavy atom. The first kappa shape index (κ1) is 18.1. The van der Waals surface area contributed by atoms with E-state index >= 15 is 0 Å². The van der Waals surface area contributed by atoms with E-state index in [4.69, 9.17) is 0 Å². The summed E-state index contributed by atoms with van der Waals surface area (Å²) in [5.41, 5.74) is 1.57. The Hall–Kier alpha value is -2.73. The number of hydrogen-bond donors (Lipinski definition) is 1. The molecule has 2 aromatic carbocycles. The highest BCUT2D eigenvalue weighted by molar-refractivity contribution is 9.10. The lowest BCUT2D eigenvalue weighted by Gasteiger charge is -2.37. The lowest BCUT2D eigenvalue weighted by atomic mass is 9.63. The number of nitrogens with one attached hydrogen (secondary N) is 1. The zero-order chi connectivity index (χ0) is 20.6. The number of amides is 3. The summed E-state index contributed by atoms with van der Waals surface area (Å²) in [6.07, 6.45) is 5.47. The van der Waals surface area contributed by atoms with Gasteiger partial charge in [0.05, 0.1) is 17.5 Å². The number of allylic oxidation sites excluding steroid dienone is 2. The molecule has 0 spiro atoms. The maximum Gasteiger partial charge on any atom is 0.255 e. The van der Waals surface area contributed by atoms with Crippen LogP contribution in [-0.4, -0.2) is 17.7 Å². The second-order valence-electron chi connectivity index (χ2n) is 8.68. The van der Waals surface area contributed by atoms with Gasteiger partial charge in [0.2, 0.25) is 11.8 Å². The van der Waals surface area contributed by atoms with E-state index in [1.165, 1.54) is 4.90 Å². The van der Waals surface area contributed by atoms with Crippen LogP contribution in [0.5, 0.6) is 0 Å². The molecule has 2 aromatic rings. The number of carbonyl (C=O) groups is 3. The third-order valence-electron chi connectivity index (χ3n) is 7.13. The Balaban J connectivity index is 1.28. The van der Waals surface area contributed by atoms with Crippen molar-refractivity contribution in [1.82, 2.24) is 0 Å². The van der Waals surface area contributed by atoms with Gasteiger partial charge >= 0.3 is 0 Å². The summed E-state index contributed by atoms with van der Waals surface area (Å²) in [4.78, 5) is 40.6. The standard InChI is InChI=1S/C24H19BrN2O3/c25-13-4-6-14(7-5-13)26-22(28)12-2-1-3-15(10-12)27-23(29)20-16-8-9-17(19-11-18(16)19)21(20)24(27)30/h1-10,16-21H,11H2,(H,26,28)/t16-,17-,18-,19-,20-,21+/m1/s1. The van der Waals surface area contributed by atoms with Crippen LogP contribution in [0.15, 0.2) is 65.2 Å². The molecule has 150 valence electrons. The van der Waals surface area contributed by atoms with Crippen LogP contribution in [0.3, 0.4) is 0 Å². The van der Waals surface area contributed by atoms with Crippen LogP contribution in [0.2, 0.25) is 0 Å². The van der Waals surface area contributed by atoms with E-state index in [0.717, 1.165) is 10.9 Å². The second-order valence-corrected chi connectivity index (χ2v) is 9.59. The first-order valence-corrected chi connectivity index (χ1v) is 11.1. The number of imide groups is 1. The Bertz CT molecular complexity index is 1090. The first-order valence-electron chi connectivity index (χ1n) is 10.3. The molecule has 7 rings (SSSR count). The van der Waals surface area contributed by atoms with Crippen LogP contribution < -0.4 is 10.2 Å². The van der Waals surface area contributed by atoms with Crippen molar-refractivity contribution < 1.29 is 14.4 Å². The molecule has 0 unspecified atom stereocenters. The predicted octanol–water partition coefficient (Wildman–Crippen LogP) is 4.26. The number of halogens is 1. The molecule has 3 fully saturated rings. The van der Waals surface area contributed by atoms with E-state index in [1.807, 2.05) is 12.1 Å². The zero-order valence-electron chi connectivity index (χ0n) is 16.0. The van der Waals surface area contributed by atoms with Crippen LogP contribution >= 0.6 is 15.9 Å². The summed E-state index contributed by atoms with van der Waals surface area (Å²) >= 11 is 3.37. The monoisotopic (exact) mass is 462 g/mol. The molecule has 6 heteroatoms. The molecule has 1 saturated heterocycles. The number of carbonyl (C=O) groups excluding carboxylic acids is 3. The third kappa shape index (κ3) is 2.56. The molecule has 6 atom stereocenters. The molecule has 4 aliphatic carbocycles. The van der Waals surface area contributed by atoms with Crippen molar-refractivity contribution in [1.29, 1.82) is 0 Å². The highest BCUT2D eigenvalue weighted by atomic mass is 79.9. The smallest absolute Gasteiger partial charge is 0.255 e. The van der Waals surface area contributed by atoms with E-state index in [2.05, 4.69) is 33.4 Å². The van der Waals surface area contributed by atoms with Crippen molar-refractivity contribution >= 4 is 45.0 Å². The summed E-state index contributed by atoms with van der Waals surface area (Å²) in [5.74, 6) is 0.541. The normalized spacial score (nSPS) is 32.8. The molecular formula is C24H19BrN2O3. The minimum atomic E-state index is -0.279. The molecule has 1 aliphatic heterocycles.